The monoisotopic (exact) mass is 510 g/mol. The molecule has 0 aliphatic carbocycles. The average molecular weight is 512 g/mol. The summed E-state index contributed by atoms with van der Waals surface area (Å²) < 4.78 is 3.10. The molecule has 8 nitrogen and oxygen atoms in total. The van der Waals surface area contributed by atoms with Crippen molar-refractivity contribution in [1.82, 2.24) is 10.6 Å². The summed E-state index contributed by atoms with van der Waals surface area (Å²) >= 11 is 28.9. The van der Waals surface area contributed by atoms with E-state index in [1.54, 1.807) is 24.3 Å². The van der Waals surface area contributed by atoms with Crippen molar-refractivity contribution in [2.75, 3.05) is 5.32 Å². The van der Waals surface area contributed by atoms with Gasteiger partial charge in [-0.15, -0.1) is 0 Å². The van der Waals surface area contributed by atoms with E-state index in [4.69, 9.17) is 63.4 Å². The van der Waals surface area contributed by atoms with Crippen molar-refractivity contribution in [1.29, 1.82) is 0 Å². The van der Waals surface area contributed by atoms with Crippen molar-refractivity contribution < 1.29 is 14.5 Å². The van der Waals surface area contributed by atoms with E-state index in [9.17, 15) is 14.9 Å². The zero-order chi connectivity index (χ0) is 22.3. The molecule has 1 atom stereocenters. The molecule has 3 N–H and O–H groups in total. The highest BCUT2D eigenvalue weighted by atomic mass is 35.6. The number of anilines is 1. The molecule has 0 aromatic heterocycles. The number of hydrogen-bond donors (Lipinski definition) is 3. The van der Waals surface area contributed by atoms with Gasteiger partial charge in [0.25, 0.3) is 5.69 Å². The van der Waals surface area contributed by atoms with Gasteiger partial charge >= 0.3 is 6.09 Å². The SMILES string of the molecule is O=C(NC(NC(=S)Nc1ccc([N+](=O)[O-])cc1Cl)C(Cl)(Cl)Cl)OCc1ccccc1. The third kappa shape index (κ3) is 7.66. The Bertz CT molecular complexity index is 928. The van der Waals surface area contributed by atoms with E-state index in [2.05, 4.69) is 16.0 Å². The van der Waals surface area contributed by atoms with E-state index in [-0.39, 0.29) is 28.1 Å². The van der Waals surface area contributed by atoms with Crippen molar-refractivity contribution in [3.8, 4) is 0 Å². The number of alkyl halides is 3. The molecule has 1 unspecified atom stereocenters. The molecule has 0 aliphatic heterocycles. The Balaban J connectivity index is 1.97. The minimum absolute atomic E-state index is 0.0142. The maximum atomic E-state index is 12.1. The van der Waals surface area contributed by atoms with E-state index in [0.717, 1.165) is 11.6 Å². The molecule has 0 saturated heterocycles. The fourth-order valence-electron chi connectivity index (χ4n) is 2.09. The first-order valence-corrected chi connectivity index (χ1v) is 10.0. The van der Waals surface area contributed by atoms with Crippen molar-refractivity contribution in [2.45, 2.75) is 16.6 Å². The van der Waals surface area contributed by atoms with Crippen LogP contribution in [0.5, 0.6) is 0 Å². The van der Waals surface area contributed by atoms with Crippen LogP contribution in [0.2, 0.25) is 5.02 Å². The number of ether oxygens (including phenoxy) is 1. The van der Waals surface area contributed by atoms with Crippen LogP contribution in [0.4, 0.5) is 16.2 Å². The summed E-state index contributed by atoms with van der Waals surface area (Å²) in [5.74, 6) is 0. The molecule has 0 spiro atoms. The second-order valence-electron chi connectivity index (χ2n) is 5.70. The lowest BCUT2D eigenvalue weighted by Gasteiger charge is -2.27. The molecule has 160 valence electrons. The Morgan fingerprint density at radius 1 is 1.17 bits per heavy atom. The minimum atomic E-state index is -1.99. The second kappa shape index (κ2) is 10.8. The molecule has 2 aromatic rings. The third-order valence-corrected chi connectivity index (χ3v) is 4.68. The molecular formula is C17H14Cl4N4O4S. The number of rotatable bonds is 6. The molecule has 0 aliphatic rings. The van der Waals surface area contributed by atoms with E-state index in [1.165, 1.54) is 12.1 Å². The van der Waals surface area contributed by atoms with Crippen molar-refractivity contribution in [3.05, 3.63) is 69.2 Å². The highest BCUT2D eigenvalue weighted by Gasteiger charge is 2.35. The van der Waals surface area contributed by atoms with Crippen LogP contribution in [-0.4, -0.2) is 26.1 Å². The number of nitro benzene ring substituents is 1. The summed E-state index contributed by atoms with van der Waals surface area (Å²) in [6, 6.07) is 12.7. The molecular weight excluding hydrogens is 498 g/mol. The molecule has 0 heterocycles. The van der Waals surface area contributed by atoms with Gasteiger partial charge in [-0.3, -0.25) is 15.4 Å². The quantitative estimate of drug-likeness (QED) is 0.162. The number of nitrogens with one attached hydrogen (secondary N) is 3. The second-order valence-corrected chi connectivity index (χ2v) is 8.88. The van der Waals surface area contributed by atoms with Gasteiger partial charge in [0.15, 0.2) is 11.3 Å². The highest BCUT2D eigenvalue weighted by molar-refractivity contribution is 7.80. The van der Waals surface area contributed by atoms with E-state index < -0.39 is 21.0 Å². The Kier molecular flexibility index (Phi) is 8.75. The Labute approximate surface area is 196 Å². The van der Waals surface area contributed by atoms with E-state index >= 15 is 0 Å². The number of thiocarbonyl (C=S) groups is 1. The van der Waals surface area contributed by atoms with Crippen molar-refractivity contribution in [3.63, 3.8) is 0 Å². The third-order valence-electron chi connectivity index (χ3n) is 3.49. The normalized spacial score (nSPS) is 11.9. The number of hydrogen-bond acceptors (Lipinski definition) is 5. The van der Waals surface area contributed by atoms with Crippen LogP contribution in [0, 0.1) is 10.1 Å². The first-order chi connectivity index (χ1) is 14.1. The first-order valence-electron chi connectivity index (χ1n) is 8.11. The number of alkyl carbamates (subject to hydrolysis) is 1. The predicted octanol–water partition coefficient (Wildman–Crippen LogP) is 5.16. The smallest absolute Gasteiger partial charge is 0.409 e. The average Bonchev–Trinajstić information content (AvgIpc) is 2.67. The largest absolute Gasteiger partial charge is 0.445 e. The molecule has 2 rings (SSSR count). The number of non-ortho nitro benzene ring substituents is 1. The fourth-order valence-corrected chi connectivity index (χ4v) is 2.87. The van der Waals surface area contributed by atoms with E-state index in [0.29, 0.717) is 0 Å². The highest BCUT2D eigenvalue weighted by Crippen LogP contribution is 2.30. The molecule has 2 aromatic carbocycles. The fraction of sp³-hybridized carbons (Fsp3) is 0.176. The molecule has 0 bridgehead atoms. The molecule has 0 saturated carbocycles. The lowest BCUT2D eigenvalue weighted by atomic mass is 10.2. The summed E-state index contributed by atoms with van der Waals surface area (Å²) in [6.07, 6.45) is -2.11. The summed E-state index contributed by atoms with van der Waals surface area (Å²) in [6.45, 7) is 0.0142. The van der Waals surface area contributed by atoms with Crippen LogP contribution in [0.3, 0.4) is 0 Å². The number of carbonyl (C=O) groups is 1. The van der Waals surface area contributed by atoms with Gasteiger partial charge in [0, 0.05) is 12.1 Å². The molecule has 0 fully saturated rings. The molecule has 1 amide bonds. The van der Waals surface area contributed by atoms with Crippen LogP contribution in [-0.2, 0) is 11.3 Å². The van der Waals surface area contributed by atoms with Gasteiger partial charge in [0.1, 0.15) is 6.61 Å². The summed E-state index contributed by atoms with van der Waals surface area (Å²) in [7, 11) is 0. The minimum Gasteiger partial charge on any atom is -0.445 e. The number of nitrogens with zero attached hydrogens (tertiary/aromatic N) is 1. The Morgan fingerprint density at radius 2 is 1.83 bits per heavy atom. The number of nitro groups is 1. The summed E-state index contributed by atoms with van der Waals surface area (Å²) in [4.78, 5) is 22.3. The number of halogens is 4. The van der Waals surface area contributed by atoms with E-state index in [1.807, 2.05) is 6.07 Å². The van der Waals surface area contributed by atoms with Gasteiger partial charge in [-0.25, -0.2) is 4.79 Å². The topological polar surface area (TPSA) is 106 Å². The predicted molar refractivity (Wildman–Crippen MR) is 121 cm³/mol. The lowest BCUT2D eigenvalue weighted by Crippen LogP contribution is -2.56. The van der Waals surface area contributed by atoms with Gasteiger partial charge in [-0.2, -0.15) is 0 Å². The van der Waals surface area contributed by atoms with Gasteiger partial charge in [0.2, 0.25) is 3.79 Å². The lowest BCUT2D eigenvalue weighted by molar-refractivity contribution is -0.384. The van der Waals surface area contributed by atoms with Gasteiger partial charge in [-0.05, 0) is 23.8 Å². The van der Waals surface area contributed by atoms with Crippen LogP contribution in [0.15, 0.2) is 48.5 Å². The van der Waals surface area contributed by atoms with Crippen LogP contribution in [0.1, 0.15) is 5.56 Å². The van der Waals surface area contributed by atoms with Crippen molar-refractivity contribution >= 4 is 81.2 Å². The number of amides is 1. The maximum Gasteiger partial charge on any atom is 0.409 e. The zero-order valence-corrected chi connectivity index (χ0v) is 18.7. The van der Waals surface area contributed by atoms with Gasteiger partial charge < -0.3 is 15.4 Å². The van der Waals surface area contributed by atoms with Gasteiger partial charge in [0.05, 0.1) is 15.6 Å². The summed E-state index contributed by atoms with van der Waals surface area (Å²) in [5, 5.41) is 18.5. The molecule has 13 heteroatoms. The maximum absolute atomic E-state index is 12.1. The Hall–Kier alpha value is -2.04. The van der Waals surface area contributed by atoms with Crippen LogP contribution in [0.25, 0.3) is 0 Å². The zero-order valence-electron chi connectivity index (χ0n) is 14.9. The first kappa shape index (κ1) is 24.2. The molecule has 30 heavy (non-hydrogen) atoms. The van der Waals surface area contributed by atoms with Crippen molar-refractivity contribution in [2.24, 2.45) is 0 Å². The van der Waals surface area contributed by atoms with Gasteiger partial charge in [-0.1, -0.05) is 76.7 Å². The number of benzene rings is 2. The van der Waals surface area contributed by atoms with Crippen LogP contribution >= 0.6 is 58.6 Å². The Morgan fingerprint density at radius 3 is 2.40 bits per heavy atom. The standard InChI is InChI=1S/C17H14Cl4N4O4S/c18-12-8-11(25(27)28)6-7-13(12)22-15(30)23-14(17(19,20)21)24-16(26)29-9-10-4-2-1-3-5-10/h1-8,14H,9H2,(H,24,26)(H2,22,23,30). The molecule has 0 radical (unpaired) electrons. The number of carbonyl (C=O) groups excluding carboxylic acids is 1. The summed E-state index contributed by atoms with van der Waals surface area (Å²) in [5.41, 5.74) is 0.858. The van der Waals surface area contributed by atoms with Crippen LogP contribution < -0.4 is 16.0 Å².